The van der Waals surface area contributed by atoms with Gasteiger partial charge in [-0.2, -0.15) is 4.98 Å². The van der Waals surface area contributed by atoms with E-state index in [4.69, 9.17) is 26.3 Å². The number of pyridine rings is 1. The summed E-state index contributed by atoms with van der Waals surface area (Å²) in [6, 6.07) is 5.59. The predicted octanol–water partition coefficient (Wildman–Crippen LogP) is 4.14. The number of carboxylic acid groups (broad SMARTS) is 1. The number of methoxy groups -OCH3 is 1. The summed E-state index contributed by atoms with van der Waals surface area (Å²) < 4.78 is 19.8. The van der Waals surface area contributed by atoms with Crippen molar-refractivity contribution in [1.29, 1.82) is 0 Å². The fraction of sp³-hybridized carbons (Fsp3) is 0.423. The number of nitrogens with one attached hydrogen (secondary N) is 1. The summed E-state index contributed by atoms with van der Waals surface area (Å²) in [7, 11) is 3.14. The summed E-state index contributed by atoms with van der Waals surface area (Å²) in [5.74, 6) is 0.701. The number of halogens is 2. The SMILES string of the molecule is COc1cc2nc(N3CCC(N(C)C(=O)C4CCCN4C(=O)O)CC3)nc(Nc3ccc(Cl)cn3)c2cc1F. The van der Waals surface area contributed by atoms with Crippen LogP contribution in [-0.4, -0.2) is 87.7 Å². The van der Waals surface area contributed by atoms with Crippen molar-refractivity contribution in [2.45, 2.75) is 37.8 Å². The van der Waals surface area contributed by atoms with Crippen molar-refractivity contribution in [3.8, 4) is 5.75 Å². The number of fused-ring (bicyclic) bond motifs is 1. The molecule has 2 aliphatic rings. The van der Waals surface area contributed by atoms with Crippen LogP contribution in [0.4, 0.5) is 26.8 Å². The van der Waals surface area contributed by atoms with Crippen molar-refractivity contribution >= 4 is 52.1 Å². The average Bonchev–Trinajstić information content (AvgIpc) is 3.44. The Balaban J connectivity index is 1.36. The molecule has 0 spiro atoms. The molecule has 0 aliphatic carbocycles. The van der Waals surface area contributed by atoms with Gasteiger partial charge in [0.05, 0.1) is 17.6 Å². The Bertz CT molecular complexity index is 1380. The van der Waals surface area contributed by atoms with Crippen LogP contribution in [0.5, 0.6) is 5.75 Å². The number of carbonyl (C=O) groups is 2. The molecule has 0 saturated carbocycles. The van der Waals surface area contributed by atoms with Gasteiger partial charge in [-0.25, -0.2) is 19.2 Å². The lowest BCUT2D eigenvalue weighted by atomic mass is 10.0. The standard InChI is InChI=1S/C26H29ClFN7O4/c1-33(24(36)20-4-3-9-35(20)26(37)38)16-7-10-34(11-8-16)25-30-19-13-21(39-2)18(28)12-17(19)23(32-25)31-22-6-5-15(27)14-29-22/h5-6,12-14,16,20H,3-4,7-11H2,1-2H3,(H,37,38)(H,29,30,31,32). The van der Waals surface area contributed by atoms with Gasteiger partial charge < -0.3 is 25.0 Å². The zero-order valence-electron chi connectivity index (χ0n) is 21.6. The molecule has 3 aromatic rings. The molecule has 0 radical (unpaired) electrons. The van der Waals surface area contributed by atoms with Crippen LogP contribution in [0.1, 0.15) is 25.7 Å². The van der Waals surface area contributed by atoms with E-state index in [1.165, 1.54) is 30.3 Å². The number of likely N-dealkylation sites (N-methyl/N-ethyl adjacent to an activating group) is 1. The molecule has 1 unspecified atom stereocenters. The van der Waals surface area contributed by atoms with Crippen LogP contribution in [0, 0.1) is 5.82 Å². The number of benzene rings is 1. The first-order valence-corrected chi connectivity index (χ1v) is 13.1. The molecule has 11 nitrogen and oxygen atoms in total. The molecule has 2 fully saturated rings. The van der Waals surface area contributed by atoms with Crippen LogP contribution >= 0.6 is 11.6 Å². The number of hydrogen-bond donors (Lipinski definition) is 2. The van der Waals surface area contributed by atoms with Gasteiger partial charge in [0, 0.05) is 50.4 Å². The van der Waals surface area contributed by atoms with Crippen LogP contribution in [-0.2, 0) is 4.79 Å². The zero-order valence-corrected chi connectivity index (χ0v) is 22.4. The number of aromatic nitrogens is 3. The first-order valence-electron chi connectivity index (χ1n) is 12.7. The van der Waals surface area contributed by atoms with Gasteiger partial charge in [0.15, 0.2) is 11.6 Å². The monoisotopic (exact) mass is 557 g/mol. The summed E-state index contributed by atoms with van der Waals surface area (Å²) in [4.78, 5) is 43.2. The van der Waals surface area contributed by atoms with E-state index in [-0.39, 0.29) is 17.7 Å². The number of piperidine rings is 1. The van der Waals surface area contributed by atoms with Crippen LogP contribution in [0.2, 0.25) is 5.02 Å². The van der Waals surface area contributed by atoms with Gasteiger partial charge in [0.25, 0.3) is 0 Å². The summed E-state index contributed by atoms with van der Waals surface area (Å²) in [6.07, 6.45) is 3.00. The lowest BCUT2D eigenvalue weighted by molar-refractivity contribution is -0.136. The largest absolute Gasteiger partial charge is 0.494 e. The minimum absolute atomic E-state index is 0.0319. The zero-order chi connectivity index (χ0) is 27.7. The minimum atomic E-state index is -1.06. The first-order chi connectivity index (χ1) is 18.7. The van der Waals surface area contributed by atoms with Crippen molar-refractivity contribution in [3.63, 3.8) is 0 Å². The molecular formula is C26H29ClFN7O4. The topological polar surface area (TPSA) is 124 Å². The van der Waals surface area contributed by atoms with Crippen molar-refractivity contribution < 1.29 is 23.8 Å². The number of rotatable bonds is 6. The fourth-order valence-corrected chi connectivity index (χ4v) is 5.31. The van der Waals surface area contributed by atoms with Gasteiger partial charge in [-0.05, 0) is 43.9 Å². The normalized spacial score (nSPS) is 17.9. The highest BCUT2D eigenvalue weighted by molar-refractivity contribution is 6.30. The van der Waals surface area contributed by atoms with Gasteiger partial charge in [0.1, 0.15) is 17.7 Å². The Morgan fingerprint density at radius 3 is 2.62 bits per heavy atom. The van der Waals surface area contributed by atoms with E-state index in [9.17, 15) is 19.1 Å². The van der Waals surface area contributed by atoms with Crippen molar-refractivity contribution in [3.05, 3.63) is 41.3 Å². The number of nitrogens with zero attached hydrogens (tertiary/aromatic N) is 6. The fourth-order valence-electron chi connectivity index (χ4n) is 5.20. The Kier molecular flexibility index (Phi) is 7.56. The molecule has 2 saturated heterocycles. The maximum Gasteiger partial charge on any atom is 0.407 e. The van der Waals surface area contributed by atoms with E-state index in [0.29, 0.717) is 78.8 Å². The molecule has 2 aliphatic heterocycles. The highest BCUT2D eigenvalue weighted by Crippen LogP contribution is 2.32. The number of amides is 2. The van der Waals surface area contributed by atoms with Crippen molar-refractivity contribution in [2.24, 2.45) is 0 Å². The first kappa shape index (κ1) is 26.7. The Labute approximate surface area is 229 Å². The predicted molar refractivity (Wildman–Crippen MR) is 144 cm³/mol. The lowest BCUT2D eigenvalue weighted by Gasteiger charge is -2.38. The molecule has 0 bridgehead atoms. The van der Waals surface area contributed by atoms with Crippen LogP contribution in [0.15, 0.2) is 30.5 Å². The third-order valence-electron chi connectivity index (χ3n) is 7.36. The minimum Gasteiger partial charge on any atom is -0.494 e. The van der Waals surface area contributed by atoms with Gasteiger partial charge in [-0.3, -0.25) is 9.69 Å². The lowest BCUT2D eigenvalue weighted by Crippen LogP contribution is -2.52. The van der Waals surface area contributed by atoms with Crippen LogP contribution < -0.4 is 15.0 Å². The summed E-state index contributed by atoms with van der Waals surface area (Å²) in [6.45, 7) is 1.55. The summed E-state index contributed by atoms with van der Waals surface area (Å²) in [5, 5.41) is 13.5. The van der Waals surface area contributed by atoms with E-state index in [1.807, 2.05) is 4.90 Å². The van der Waals surface area contributed by atoms with Crippen molar-refractivity contribution in [1.82, 2.24) is 24.8 Å². The molecule has 206 valence electrons. The van der Waals surface area contributed by atoms with E-state index in [1.54, 1.807) is 24.1 Å². The van der Waals surface area contributed by atoms with E-state index in [0.717, 1.165) is 0 Å². The number of anilines is 3. The Hall–Kier alpha value is -3.93. The summed E-state index contributed by atoms with van der Waals surface area (Å²) >= 11 is 5.96. The molecule has 2 N–H and O–H groups in total. The second-order valence-corrected chi connectivity index (χ2v) is 10.1. The van der Waals surface area contributed by atoms with E-state index in [2.05, 4.69) is 10.3 Å². The molecule has 4 heterocycles. The smallest absolute Gasteiger partial charge is 0.407 e. The van der Waals surface area contributed by atoms with Gasteiger partial charge in [-0.1, -0.05) is 11.6 Å². The molecule has 39 heavy (non-hydrogen) atoms. The highest BCUT2D eigenvalue weighted by atomic mass is 35.5. The molecule has 2 aromatic heterocycles. The molecular weight excluding hydrogens is 529 g/mol. The maximum absolute atomic E-state index is 14.6. The molecule has 1 atom stereocenters. The maximum atomic E-state index is 14.6. The molecule has 13 heteroatoms. The summed E-state index contributed by atoms with van der Waals surface area (Å²) in [5.41, 5.74) is 0.499. The number of carbonyl (C=O) groups excluding carboxylic acids is 1. The third-order valence-corrected chi connectivity index (χ3v) is 7.58. The highest BCUT2D eigenvalue weighted by Gasteiger charge is 2.38. The van der Waals surface area contributed by atoms with Gasteiger partial charge in [-0.15, -0.1) is 0 Å². The van der Waals surface area contributed by atoms with E-state index >= 15 is 0 Å². The third kappa shape index (κ3) is 5.47. The Morgan fingerprint density at radius 1 is 1.18 bits per heavy atom. The Morgan fingerprint density at radius 2 is 1.95 bits per heavy atom. The van der Waals surface area contributed by atoms with Crippen LogP contribution in [0.25, 0.3) is 10.9 Å². The second kappa shape index (κ2) is 11.0. The molecule has 5 rings (SSSR count). The quantitative estimate of drug-likeness (QED) is 0.460. The van der Waals surface area contributed by atoms with Crippen LogP contribution in [0.3, 0.4) is 0 Å². The number of ether oxygens (including phenoxy) is 1. The molecule has 2 amide bonds. The number of hydrogen-bond acceptors (Lipinski definition) is 8. The number of likely N-dealkylation sites (tertiary alicyclic amines) is 1. The van der Waals surface area contributed by atoms with Crippen molar-refractivity contribution in [2.75, 3.05) is 44.0 Å². The van der Waals surface area contributed by atoms with Gasteiger partial charge >= 0.3 is 6.09 Å². The average molecular weight is 558 g/mol. The van der Waals surface area contributed by atoms with E-state index < -0.39 is 18.0 Å². The second-order valence-electron chi connectivity index (χ2n) is 9.66. The van der Waals surface area contributed by atoms with Gasteiger partial charge in [0.2, 0.25) is 11.9 Å². The molecule has 1 aromatic carbocycles.